The van der Waals surface area contributed by atoms with E-state index >= 15 is 0 Å². The first-order valence-electron chi connectivity index (χ1n) is 2.84. The second-order valence-corrected chi connectivity index (χ2v) is 2.31. The second kappa shape index (κ2) is 5.64. The summed E-state index contributed by atoms with van der Waals surface area (Å²) in [5.41, 5.74) is 0. The Labute approximate surface area is 61.6 Å². The van der Waals surface area contributed by atoms with Crippen LogP contribution >= 0.6 is 12.8 Å². The molecule has 0 bridgehead atoms. The van der Waals surface area contributed by atoms with Crippen LogP contribution in [0.2, 0.25) is 0 Å². The Morgan fingerprint density at radius 2 is 2.44 bits per heavy atom. The fourth-order valence-corrected chi connectivity index (χ4v) is 0.543. The monoisotopic (exact) mass is 144 g/mol. The third-order valence-corrected chi connectivity index (χ3v) is 0.971. The lowest BCUT2D eigenvalue weighted by atomic mass is 10.4. The van der Waals surface area contributed by atoms with Gasteiger partial charge in [0.05, 0.1) is 6.42 Å². The molecule has 0 spiro atoms. The van der Waals surface area contributed by atoms with E-state index in [0.717, 1.165) is 12.8 Å². The van der Waals surface area contributed by atoms with Crippen LogP contribution < -0.4 is 0 Å². The first kappa shape index (κ1) is 8.51. The summed E-state index contributed by atoms with van der Waals surface area (Å²) in [4.78, 5) is 3.72. The van der Waals surface area contributed by atoms with Crippen LogP contribution in [-0.2, 0) is 0 Å². The molecule has 0 rings (SSSR count). The number of hydrogen-bond acceptors (Lipinski definition) is 1. The van der Waals surface area contributed by atoms with Crippen molar-refractivity contribution in [3.8, 4) is 6.07 Å². The molecule has 0 fully saturated rings. The molecule has 0 aliphatic rings. The molecule has 0 saturated carbocycles. The minimum atomic E-state index is 0.876. The molecule has 3 heteroatoms. The third kappa shape index (κ3) is 7.51. The highest BCUT2D eigenvalue weighted by Gasteiger charge is 1.88. The minimum Gasteiger partial charge on any atom is -0.175 e. The zero-order chi connectivity index (χ0) is 7.11. The topological polar surface area (TPSA) is 7.37 Å². The summed E-state index contributed by atoms with van der Waals surface area (Å²) in [6, 6.07) is 2.84. The quantitative estimate of drug-likeness (QED) is 0.258. The van der Waals surface area contributed by atoms with Gasteiger partial charge in [-0.1, -0.05) is 4.85 Å². The fraction of sp³-hybridized carbons (Fsp3) is 0.667. The number of unbranched alkanes of at least 4 members (excludes halogenated alkanes) is 1. The van der Waals surface area contributed by atoms with Gasteiger partial charge in [-0.25, -0.2) is 0 Å². The van der Waals surface area contributed by atoms with Crippen LogP contribution in [-0.4, -0.2) is 24.3 Å². The molecule has 50 valence electrons. The van der Waals surface area contributed by atoms with Gasteiger partial charge in [0.1, 0.15) is 19.9 Å². The molecule has 0 aromatic rings. The average molecular weight is 144 g/mol. The summed E-state index contributed by atoms with van der Waals surface area (Å²) >= 11 is 4.02. The largest absolute Gasteiger partial charge is 0.273 e. The van der Waals surface area contributed by atoms with Crippen LogP contribution in [0.25, 0.3) is 4.85 Å². The predicted molar refractivity (Wildman–Crippen MR) is 43.6 cm³/mol. The van der Waals surface area contributed by atoms with E-state index in [9.17, 15) is 0 Å². The van der Waals surface area contributed by atoms with E-state index in [2.05, 4.69) is 23.7 Å². The summed E-state index contributed by atoms with van der Waals surface area (Å²) in [7, 11) is 3.61. The smallest absolute Gasteiger partial charge is 0.175 e. The van der Waals surface area contributed by atoms with E-state index < -0.39 is 0 Å². The molecule has 0 radical (unpaired) electrons. The Hall–Kier alpha value is -0.490. The fourth-order valence-electron chi connectivity index (χ4n) is 0.428. The van der Waals surface area contributed by atoms with Crippen LogP contribution in [0.3, 0.4) is 0 Å². The van der Waals surface area contributed by atoms with Crippen molar-refractivity contribution >= 4 is 19.0 Å². The minimum absolute atomic E-state index is 0.876. The normalized spacial score (nSPS) is 10.3. The van der Waals surface area contributed by atoms with Gasteiger partial charge in [0.2, 0.25) is 0 Å². The van der Waals surface area contributed by atoms with Crippen molar-refractivity contribution in [3.63, 3.8) is 0 Å². The van der Waals surface area contributed by atoms with Crippen LogP contribution in [0, 0.1) is 6.07 Å². The van der Waals surface area contributed by atoms with E-state index in [4.69, 9.17) is 0 Å². The zero-order valence-electron chi connectivity index (χ0n) is 5.83. The van der Waals surface area contributed by atoms with Crippen molar-refractivity contribution in [1.82, 2.24) is 0 Å². The molecule has 9 heavy (non-hydrogen) atoms. The van der Waals surface area contributed by atoms with E-state index in [1.165, 1.54) is 0 Å². The molecular formula is C6H12N2S+2. The Bertz CT molecular complexity index is 148. The van der Waals surface area contributed by atoms with Gasteiger partial charge in [-0.15, -0.1) is 0 Å². The molecule has 0 aromatic carbocycles. The summed E-state index contributed by atoms with van der Waals surface area (Å²) < 4.78 is 1.73. The molecule has 2 nitrogen and oxygen atoms in total. The molecule has 0 saturated heterocycles. The lowest BCUT2D eigenvalue weighted by Crippen LogP contribution is -1.89. The van der Waals surface area contributed by atoms with Crippen LogP contribution in [0.1, 0.15) is 12.8 Å². The molecular weight excluding hydrogens is 132 g/mol. The maximum Gasteiger partial charge on any atom is 0.273 e. The number of hydrogen-bond donors (Lipinski definition) is 1. The highest BCUT2D eigenvalue weighted by Crippen LogP contribution is 1.82. The Morgan fingerprint density at radius 3 is 2.89 bits per heavy atom. The second-order valence-electron chi connectivity index (χ2n) is 1.68. The predicted octanol–water partition coefficient (Wildman–Crippen LogP) is 1.29. The van der Waals surface area contributed by atoms with E-state index in [-0.39, 0.29) is 0 Å². The van der Waals surface area contributed by atoms with Gasteiger partial charge >= 0.3 is 0 Å². The molecule has 0 aliphatic carbocycles. The first-order chi connectivity index (χ1) is 4.27. The van der Waals surface area contributed by atoms with Crippen molar-refractivity contribution in [2.75, 3.05) is 14.1 Å². The van der Waals surface area contributed by atoms with E-state index in [1.807, 2.05) is 13.3 Å². The van der Waals surface area contributed by atoms with Gasteiger partial charge in [-0.05, 0) is 0 Å². The van der Waals surface area contributed by atoms with Gasteiger partial charge in [-0.3, -0.25) is 0 Å². The molecule has 0 atom stereocenters. The van der Waals surface area contributed by atoms with Crippen LogP contribution in [0.4, 0.5) is 0 Å². The Kier molecular flexibility index (Phi) is 5.34. The van der Waals surface area contributed by atoms with Gasteiger partial charge in [0.25, 0.3) is 13.1 Å². The van der Waals surface area contributed by atoms with Gasteiger partial charge < -0.3 is 0 Å². The Morgan fingerprint density at radius 1 is 1.78 bits per heavy atom. The number of rotatable bonds is 2. The Balaban J connectivity index is 3.27. The SMILES string of the molecule is C[N+]#CCC/C=[N+](\C)S. The molecule has 0 aromatic heterocycles. The van der Waals surface area contributed by atoms with Crippen molar-refractivity contribution < 1.29 is 3.98 Å². The number of nitrogens with zero attached hydrogens (tertiary/aromatic N) is 2. The first-order valence-corrected chi connectivity index (χ1v) is 3.24. The van der Waals surface area contributed by atoms with Gasteiger partial charge in [-0.2, -0.15) is 3.98 Å². The maximum atomic E-state index is 4.02. The lowest BCUT2D eigenvalue weighted by molar-refractivity contribution is -0.296. The average Bonchev–Trinajstić information content (AvgIpc) is 1.80. The summed E-state index contributed by atoms with van der Waals surface area (Å²) in [5, 5.41) is 0. The molecule has 0 heterocycles. The summed E-state index contributed by atoms with van der Waals surface area (Å²) in [6.07, 6.45) is 3.81. The standard InChI is InChI=1S/C6H12N2S/c1-7-5-3-4-6-8(2)9/h6,9H,3-4H2,1-2H3/q+2/b8-6+. The molecule has 0 aliphatic heterocycles. The third-order valence-electron chi connectivity index (χ3n) is 0.808. The van der Waals surface area contributed by atoms with Crippen molar-refractivity contribution in [1.29, 1.82) is 0 Å². The molecule has 0 N–H and O–H groups in total. The zero-order valence-corrected chi connectivity index (χ0v) is 6.73. The van der Waals surface area contributed by atoms with Crippen molar-refractivity contribution in [2.45, 2.75) is 12.8 Å². The maximum absolute atomic E-state index is 4.02. The van der Waals surface area contributed by atoms with Crippen molar-refractivity contribution in [3.05, 3.63) is 4.85 Å². The van der Waals surface area contributed by atoms with Crippen LogP contribution in [0.15, 0.2) is 0 Å². The van der Waals surface area contributed by atoms with Gasteiger partial charge in [0, 0.05) is 6.42 Å². The van der Waals surface area contributed by atoms with E-state index in [0.29, 0.717) is 0 Å². The molecule has 0 unspecified atom stereocenters. The van der Waals surface area contributed by atoms with E-state index in [1.54, 1.807) is 11.0 Å². The highest BCUT2D eigenvalue weighted by molar-refractivity contribution is 7.73. The molecule has 0 amide bonds. The van der Waals surface area contributed by atoms with Crippen molar-refractivity contribution in [2.24, 2.45) is 0 Å². The van der Waals surface area contributed by atoms with Crippen LogP contribution in [0.5, 0.6) is 0 Å². The lowest BCUT2D eigenvalue weighted by Gasteiger charge is -1.76. The van der Waals surface area contributed by atoms with Gasteiger partial charge in [0.15, 0.2) is 6.21 Å². The summed E-state index contributed by atoms with van der Waals surface area (Å²) in [6.45, 7) is 0. The highest BCUT2D eigenvalue weighted by atomic mass is 32.1. The number of thiol groups is 1. The summed E-state index contributed by atoms with van der Waals surface area (Å²) in [5.74, 6) is 0.